The van der Waals surface area contributed by atoms with Crippen LogP contribution in [-0.4, -0.2) is 34.4 Å². The van der Waals surface area contributed by atoms with E-state index in [0.717, 1.165) is 11.8 Å². The first-order valence-electron chi connectivity index (χ1n) is 10.7. The standard InChI is InChI=1S/C23H23ClN2O8P2/c1-15-20(22(7-9-25)31-14-33-36(28,29)30)6-5-17-12-19(13-26-23(15)17)35(27)32-10-8-21(34-35)16-3-2-4-18(24)11-16/h2-7,9,11-13,21,25H,8,10,14H2,1H3,(H2,28,29,30)/b22-7+,25-9?. The van der Waals surface area contributed by atoms with Crippen molar-refractivity contribution in [3.63, 3.8) is 0 Å². The number of fused-ring (bicyclic) bond motifs is 1. The number of phosphoric acid groups is 1. The summed E-state index contributed by atoms with van der Waals surface area (Å²) in [6.07, 6.45) is 3.83. The summed E-state index contributed by atoms with van der Waals surface area (Å²) >= 11 is 6.10. The molecule has 2 unspecified atom stereocenters. The van der Waals surface area contributed by atoms with Gasteiger partial charge in [-0.1, -0.05) is 35.9 Å². The second-order valence-corrected chi connectivity index (χ2v) is 11.5. The van der Waals surface area contributed by atoms with E-state index in [9.17, 15) is 9.13 Å². The van der Waals surface area contributed by atoms with Gasteiger partial charge in [-0.2, -0.15) is 0 Å². The van der Waals surface area contributed by atoms with E-state index in [1.807, 2.05) is 12.1 Å². The van der Waals surface area contributed by atoms with Crippen molar-refractivity contribution in [1.82, 2.24) is 4.98 Å². The number of benzene rings is 2. The van der Waals surface area contributed by atoms with Crippen LogP contribution in [0.4, 0.5) is 0 Å². The fourth-order valence-corrected chi connectivity index (χ4v) is 5.93. The fourth-order valence-electron chi connectivity index (χ4n) is 3.80. The molecule has 2 atom stereocenters. The van der Waals surface area contributed by atoms with Crippen molar-refractivity contribution >= 4 is 55.2 Å². The van der Waals surface area contributed by atoms with Gasteiger partial charge in [0.15, 0.2) is 6.79 Å². The van der Waals surface area contributed by atoms with Crippen molar-refractivity contribution in [1.29, 1.82) is 5.41 Å². The van der Waals surface area contributed by atoms with Crippen molar-refractivity contribution in [2.24, 2.45) is 0 Å². The van der Waals surface area contributed by atoms with Crippen LogP contribution in [0.25, 0.3) is 16.7 Å². The van der Waals surface area contributed by atoms with E-state index in [4.69, 9.17) is 40.6 Å². The molecular weight excluding hydrogens is 530 g/mol. The third kappa shape index (κ3) is 6.11. The molecular formula is C23H23ClN2O8P2. The molecule has 0 bridgehead atoms. The summed E-state index contributed by atoms with van der Waals surface area (Å²) in [5.74, 6) is 0.167. The predicted octanol–water partition coefficient (Wildman–Crippen LogP) is 5.27. The van der Waals surface area contributed by atoms with Crippen molar-refractivity contribution in [3.8, 4) is 0 Å². The second kappa shape index (κ2) is 10.9. The van der Waals surface area contributed by atoms with Crippen LogP contribution in [0, 0.1) is 12.3 Å². The molecule has 2 heterocycles. The van der Waals surface area contributed by atoms with E-state index in [2.05, 4.69) is 9.51 Å². The molecule has 2 aromatic carbocycles. The van der Waals surface area contributed by atoms with Crippen LogP contribution in [-0.2, 0) is 27.4 Å². The number of allylic oxidation sites excluding steroid dienone is 1. The number of hydrogen-bond acceptors (Lipinski definition) is 8. The summed E-state index contributed by atoms with van der Waals surface area (Å²) in [6.45, 7) is 1.32. The van der Waals surface area contributed by atoms with Gasteiger partial charge in [0.25, 0.3) is 0 Å². The lowest BCUT2D eigenvalue weighted by molar-refractivity contribution is 0.0641. The van der Waals surface area contributed by atoms with Gasteiger partial charge in [-0.15, -0.1) is 0 Å². The average molecular weight is 553 g/mol. The minimum Gasteiger partial charge on any atom is -0.466 e. The molecule has 1 aliphatic heterocycles. The summed E-state index contributed by atoms with van der Waals surface area (Å²) in [4.78, 5) is 22.2. The fraction of sp³-hybridized carbons (Fsp3) is 0.217. The monoisotopic (exact) mass is 552 g/mol. The zero-order valence-electron chi connectivity index (χ0n) is 19.0. The third-order valence-corrected chi connectivity index (χ3v) is 8.08. The molecule has 1 aromatic heterocycles. The number of ether oxygens (including phenoxy) is 1. The normalized spacial score (nSPS) is 20.9. The number of nitrogens with zero attached hydrogens (tertiary/aromatic N) is 1. The zero-order valence-corrected chi connectivity index (χ0v) is 21.6. The number of rotatable bonds is 8. The minimum atomic E-state index is -4.71. The maximum absolute atomic E-state index is 13.6. The van der Waals surface area contributed by atoms with Gasteiger partial charge in [0.1, 0.15) is 5.76 Å². The number of pyridine rings is 1. The van der Waals surface area contributed by atoms with Crippen LogP contribution in [0.2, 0.25) is 5.02 Å². The van der Waals surface area contributed by atoms with Crippen LogP contribution in [0.1, 0.15) is 29.2 Å². The highest BCUT2D eigenvalue weighted by molar-refractivity contribution is 7.62. The molecule has 1 fully saturated rings. The van der Waals surface area contributed by atoms with Crippen molar-refractivity contribution in [2.75, 3.05) is 13.4 Å². The molecule has 1 aliphatic rings. The molecule has 190 valence electrons. The smallest absolute Gasteiger partial charge is 0.466 e. The Labute approximate surface area is 212 Å². The lowest BCUT2D eigenvalue weighted by Gasteiger charge is -2.30. The molecule has 0 aliphatic carbocycles. The topological polar surface area (TPSA) is 148 Å². The summed E-state index contributed by atoms with van der Waals surface area (Å²) in [5, 5.41) is 8.91. The SMILES string of the molecule is Cc1c(/C(=C\C=N)OCOP(=O)(O)O)ccc2cc(P3(=O)OCCC(c4cccc(Cl)c4)O3)cnc12. The number of phosphoric ester groups is 1. The van der Waals surface area contributed by atoms with Crippen LogP contribution < -0.4 is 5.30 Å². The first kappa shape index (κ1) is 26.7. The summed E-state index contributed by atoms with van der Waals surface area (Å²) < 4.78 is 45.8. The first-order chi connectivity index (χ1) is 17.1. The van der Waals surface area contributed by atoms with Crippen molar-refractivity contribution in [2.45, 2.75) is 19.4 Å². The minimum absolute atomic E-state index is 0.167. The van der Waals surface area contributed by atoms with Gasteiger partial charge in [-0.05, 0) is 42.3 Å². The predicted molar refractivity (Wildman–Crippen MR) is 135 cm³/mol. The van der Waals surface area contributed by atoms with Crippen LogP contribution in [0.5, 0.6) is 0 Å². The molecule has 4 rings (SSSR count). The lowest BCUT2D eigenvalue weighted by Crippen LogP contribution is -2.20. The molecule has 3 aromatic rings. The van der Waals surface area contributed by atoms with E-state index < -0.39 is 28.3 Å². The van der Waals surface area contributed by atoms with Gasteiger partial charge in [-0.3, -0.25) is 14.1 Å². The Morgan fingerprint density at radius 1 is 1.33 bits per heavy atom. The largest absolute Gasteiger partial charge is 0.472 e. The number of hydrogen-bond donors (Lipinski definition) is 3. The van der Waals surface area contributed by atoms with E-state index in [0.29, 0.717) is 38.8 Å². The van der Waals surface area contributed by atoms with Crippen LogP contribution in [0.15, 0.2) is 54.7 Å². The Balaban J connectivity index is 1.62. The lowest BCUT2D eigenvalue weighted by atomic mass is 10.0. The maximum Gasteiger partial charge on any atom is 0.472 e. The van der Waals surface area contributed by atoms with Crippen molar-refractivity contribution < 1.29 is 37.2 Å². The van der Waals surface area contributed by atoms with Gasteiger partial charge in [0.2, 0.25) is 0 Å². The second-order valence-electron chi connectivity index (χ2n) is 7.85. The third-order valence-electron chi connectivity index (χ3n) is 5.47. The first-order valence-corrected chi connectivity index (χ1v) is 14.2. The van der Waals surface area contributed by atoms with E-state index >= 15 is 0 Å². The van der Waals surface area contributed by atoms with E-state index in [1.165, 1.54) is 12.3 Å². The highest BCUT2D eigenvalue weighted by Gasteiger charge is 2.37. The molecule has 0 saturated carbocycles. The Hall–Kier alpha value is -2.39. The maximum atomic E-state index is 13.6. The summed E-state index contributed by atoms with van der Waals surface area (Å²) in [5.41, 5.74) is 2.59. The number of nitrogens with one attached hydrogen (secondary N) is 1. The Kier molecular flexibility index (Phi) is 8.09. The van der Waals surface area contributed by atoms with E-state index in [-0.39, 0.29) is 12.4 Å². The summed E-state index contributed by atoms with van der Waals surface area (Å²) in [7, 11) is -8.37. The summed E-state index contributed by atoms with van der Waals surface area (Å²) in [6, 6.07) is 12.3. The van der Waals surface area contributed by atoms with Gasteiger partial charge in [0.05, 0.1) is 23.5 Å². The number of aromatic nitrogens is 1. The Morgan fingerprint density at radius 3 is 2.86 bits per heavy atom. The Bertz CT molecular complexity index is 1420. The molecule has 1 saturated heterocycles. The molecule has 0 radical (unpaired) electrons. The number of halogens is 1. The molecule has 36 heavy (non-hydrogen) atoms. The molecule has 3 N–H and O–H groups in total. The molecule has 10 nitrogen and oxygen atoms in total. The highest BCUT2D eigenvalue weighted by Crippen LogP contribution is 2.55. The van der Waals surface area contributed by atoms with Crippen LogP contribution >= 0.6 is 27.0 Å². The van der Waals surface area contributed by atoms with Gasteiger partial charge in [0, 0.05) is 34.8 Å². The van der Waals surface area contributed by atoms with Crippen molar-refractivity contribution in [3.05, 3.63) is 76.5 Å². The van der Waals surface area contributed by atoms with Gasteiger partial charge in [-0.25, -0.2) is 9.09 Å². The number of aryl methyl sites for hydroxylation is 1. The zero-order chi connectivity index (χ0) is 25.9. The van der Waals surface area contributed by atoms with Gasteiger partial charge >= 0.3 is 15.4 Å². The van der Waals surface area contributed by atoms with Gasteiger partial charge < -0.3 is 24.5 Å². The average Bonchev–Trinajstić information content (AvgIpc) is 2.83. The van der Waals surface area contributed by atoms with E-state index in [1.54, 1.807) is 37.3 Å². The highest BCUT2D eigenvalue weighted by atomic mass is 35.5. The molecule has 0 amide bonds. The quantitative estimate of drug-likeness (QED) is 0.147. The Morgan fingerprint density at radius 2 is 2.14 bits per heavy atom. The molecule has 0 spiro atoms. The van der Waals surface area contributed by atoms with Crippen LogP contribution in [0.3, 0.4) is 0 Å². The molecule has 13 heteroatoms.